The predicted octanol–water partition coefficient (Wildman–Crippen LogP) is 4.92. The third kappa shape index (κ3) is 3.93. The Hall–Kier alpha value is -2.27. The van der Waals surface area contributed by atoms with Crippen LogP contribution >= 0.6 is 11.8 Å². The molecule has 26 heavy (non-hydrogen) atoms. The van der Waals surface area contributed by atoms with Gasteiger partial charge in [-0.05, 0) is 36.6 Å². The first-order valence-electron chi connectivity index (χ1n) is 9.26. The van der Waals surface area contributed by atoms with Gasteiger partial charge in [-0.25, -0.2) is 4.98 Å². The fourth-order valence-electron chi connectivity index (χ4n) is 3.52. The number of carbonyl (C=O) groups excluding carboxylic acids is 1. The van der Waals surface area contributed by atoms with Crippen LogP contribution in [0.25, 0.3) is 11.0 Å². The summed E-state index contributed by atoms with van der Waals surface area (Å²) in [6, 6.07) is 16.2. The molecule has 1 heterocycles. The minimum atomic E-state index is 0.0534. The van der Waals surface area contributed by atoms with Crippen LogP contribution in [-0.2, 0) is 5.75 Å². The molecule has 4 nitrogen and oxygen atoms in total. The van der Waals surface area contributed by atoms with Crippen LogP contribution < -0.4 is 5.32 Å². The maximum atomic E-state index is 12.7. The number of thioether (sulfide) groups is 1. The molecule has 4 rings (SSSR count). The first-order chi connectivity index (χ1) is 12.8. The van der Waals surface area contributed by atoms with Gasteiger partial charge in [0.15, 0.2) is 5.16 Å². The zero-order valence-corrected chi connectivity index (χ0v) is 15.5. The highest BCUT2D eigenvalue weighted by atomic mass is 32.2. The van der Waals surface area contributed by atoms with Crippen LogP contribution in [0.2, 0.25) is 0 Å². The second kappa shape index (κ2) is 7.96. The molecule has 2 aromatic carbocycles. The van der Waals surface area contributed by atoms with Crippen molar-refractivity contribution >= 4 is 28.7 Å². The van der Waals surface area contributed by atoms with Crippen molar-refractivity contribution in [3.8, 4) is 0 Å². The van der Waals surface area contributed by atoms with Crippen LogP contribution in [0.3, 0.4) is 0 Å². The second-order valence-electron chi connectivity index (χ2n) is 6.81. The molecule has 1 saturated carbocycles. The van der Waals surface area contributed by atoms with E-state index in [4.69, 9.17) is 0 Å². The van der Waals surface area contributed by atoms with Crippen molar-refractivity contribution in [1.29, 1.82) is 0 Å². The van der Waals surface area contributed by atoms with E-state index in [1.54, 1.807) is 11.8 Å². The molecule has 1 amide bonds. The van der Waals surface area contributed by atoms with Crippen LogP contribution in [0.1, 0.15) is 48.0 Å². The number of carbonyl (C=O) groups is 1. The van der Waals surface area contributed by atoms with Gasteiger partial charge < -0.3 is 10.3 Å². The highest BCUT2D eigenvalue weighted by Gasteiger charge is 2.18. The summed E-state index contributed by atoms with van der Waals surface area (Å²) >= 11 is 1.63. The van der Waals surface area contributed by atoms with Crippen LogP contribution in [0, 0.1) is 0 Å². The first-order valence-corrected chi connectivity index (χ1v) is 10.2. The Morgan fingerprint density at radius 1 is 1.08 bits per heavy atom. The molecule has 1 aliphatic carbocycles. The predicted molar refractivity (Wildman–Crippen MR) is 106 cm³/mol. The van der Waals surface area contributed by atoms with Crippen LogP contribution in [0.5, 0.6) is 0 Å². The topological polar surface area (TPSA) is 57.8 Å². The number of para-hydroxylation sites is 2. The molecule has 134 valence electrons. The number of H-pyrrole nitrogens is 1. The Kier molecular flexibility index (Phi) is 5.25. The Balaban J connectivity index is 1.45. The van der Waals surface area contributed by atoms with Crippen LogP contribution in [0.15, 0.2) is 53.7 Å². The normalized spacial score (nSPS) is 15.2. The molecule has 1 fully saturated rings. The molecule has 0 saturated heterocycles. The number of nitrogens with one attached hydrogen (secondary N) is 2. The average Bonchev–Trinajstić information content (AvgIpc) is 3.10. The van der Waals surface area contributed by atoms with Gasteiger partial charge in [0.25, 0.3) is 5.91 Å². The number of amides is 1. The summed E-state index contributed by atoms with van der Waals surface area (Å²) in [7, 11) is 0. The van der Waals surface area contributed by atoms with E-state index in [1.807, 2.05) is 48.5 Å². The Morgan fingerprint density at radius 3 is 2.69 bits per heavy atom. The highest BCUT2D eigenvalue weighted by molar-refractivity contribution is 7.98. The average molecular weight is 366 g/mol. The summed E-state index contributed by atoms with van der Waals surface area (Å²) in [6.07, 6.45) is 5.92. The quantitative estimate of drug-likeness (QED) is 0.631. The van der Waals surface area contributed by atoms with Crippen molar-refractivity contribution in [1.82, 2.24) is 15.3 Å². The molecule has 3 aromatic rings. The molecule has 1 aliphatic rings. The molecular formula is C21H23N3OS. The molecule has 0 unspecified atom stereocenters. The molecule has 0 atom stereocenters. The fraction of sp³-hybridized carbons (Fsp3) is 0.333. The van der Waals surface area contributed by atoms with Gasteiger partial charge in [-0.2, -0.15) is 0 Å². The fourth-order valence-corrected chi connectivity index (χ4v) is 4.41. The van der Waals surface area contributed by atoms with E-state index in [9.17, 15) is 4.79 Å². The lowest BCUT2D eigenvalue weighted by Gasteiger charge is -2.23. The Labute approximate surface area is 157 Å². The molecule has 0 aliphatic heterocycles. The highest BCUT2D eigenvalue weighted by Crippen LogP contribution is 2.25. The first kappa shape index (κ1) is 17.2. The number of rotatable bonds is 5. The van der Waals surface area contributed by atoms with Gasteiger partial charge in [0.05, 0.1) is 11.0 Å². The monoisotopic (exact) mass is 365 g/mol. The Bertz CT molecular complexity index is 866. The second-order valence-corrected chi connectivity index (χ2v) is 7.78. The molecule has 2 N–H and O–H groups in total. The summed E-state index contributed by atoms with van der Waals surface area (Å²) in [5.41, 5.74) is 3.84. The minimum Gasteiger partial charge on any atom is -0.349 e. The molecule has 1 aromatic heterocycles. The number of aromatic amines is 1. The van der Waals surface area contributed by atoms with Gasteiger partial charge in [-0.3, -0.25) is 4.79 Å². The third-order valence-electron chi connectivity index (χ3n) is 4.93. The van der Waals surface area contributed by atoms with E-state index in [2.05, 4.69) is 15.3 Å². The van der Waals surface area contributed by atoms with Crippen LogP contribution in [-0.4, -0.2) is 21.9 Å². The van der Waals surface area contributed by atoms with Crippen molar-refractivity contribution < 1.29 is 4.79 Å². The maximum absolute atomic E-state index is 12.7. The summed E-state index contributed by atoms with van der Waals surface area (Å²) in [5, 5.41) is 4.11. The SMILES string of the molecule is O=C(NC1CCCCC1)c1ccccc1CSc1nc2ccccc2[nH]1. The number of hydrogen-bond acceptors (Lipinski definition) is 3. The lowest BCUT2D eigenvalue weighted by Crippen LogP contribution is -2.36. The number of imidazole rings is 1. The van der Waals surface area contributed by atoms with Gasteiger partial charge in [0, 0.05) is 17.4 Å². The van der Waals surface area contributed by atoms with Gasteiger partial charge in [0.1, 0.15) is 0 Å². The summed E-state index contributed by atoms with van der Waals surface area (Å²) in [6.45, 7) is 0. The molecule has 0 bridgehead atoms. The van der Waals surface area contributed by atoms with Crippen molar-refractivity contribution in [2.75, 3.05) is 0 Å². The molecule has 5 heteroatoms. The minimum absolute atomic E-state index is 0.0534. The van der Waals surface area contributed by atoms with Crippen molar-refractivity contribution in [2.24, 2.45) is 0 Å². The van der Waals surface area contributed by atoms with Gasteiger partial charge in [-0.1, -0.05) is 61.4 Å². The largest absolute Gasteiger partial charge is 0.349 e. The van der Waals surface area contributed by atoms with Crippen molar-refractivity contribution in [2.45, 2.75) is 49.1 Å². The number of nitrogens with zero attached hydrogens (tertiary/aromatic N) is 1. The summed E-state index contributed by atoms with van der Waals surface area (Å²) in [4.78, 5) is 20.7. The van der Waals surface area contributed by atoms with Gasteiger partial charge in [-0.15, -0.1) is 0 Å². The van der Waals surface area contributed by atoms with E-state index in [0.29, 0.717) is 11.8 Å². The van der Waals surface area contributed by atoms with Crippen molar-refractivity contribution in [3.63, 3.8) is 0 Å². The van der Waals surface area contributed by atoms with E-state index in [0.717, 1.165) is 40.2 Å². The van der Waals surface area contributed by atoms with E-state index < -0.39 is 0 Å². The number of aromatic nitrogens is 2. The number of benzene rings is 2. The van der Waals surface area contributed by atoms with Crippen molar-refractivity contribution in [3.05, 3.63) is 59.7 Å². The number of fused-ring (bicyclic) bond motifs is 1. The molecule has 0 spiro atoms. The Morgan fingerprint density at radius 2 is 1.85 bits per heavy atom. The number of hydrogen-bond donors (Lipinski definition) is 2. The van der Waals surface area contributed by atoms with E-state index in [-0.39, 0.29) is 5.91 Å². The van der Waals surface area contributed by atoms with Gasteiger partial charge in [0.2, 0.25) is 0 Å². The lowest BCUT2D eigenvalue weighted by atomic mass is 9.95. The summed E-state index contributed by atoms with van der Waals surface area (Å²) < 4.78 is 0. The lowest BCUT2D eigenvalue weighted by molar-refractivity contribution is 0.0927. The zero-order valence-electron chi connectivity index (χ0n) is 14.7. The van der Waals surface area contributed by atoms with E-state index in [1.165, 1.54) is 19.3 Å². The van der Waals surface area contributed by atoms with E-state index >= 15 is 0 Å². The third-order valence-corrected chi connectivity index (χ3v) is 5.86. The zero-order chi connectivity index (χ0) is 17.8. The standard InChI is InChI=1S/C21H23N3OS/c25-20(22-16-9-2-1-3-10-16)17-11-5-4-8-15(17)14-26-21-23-18-12-6-7-13-19(18)24-21/h4-8,11-13,16H,1-3,9-10,14H2,(H,22,25)(H,23,24). The van der Waals surface area contributed by atoms with Crippen LogP contribution in [0.4, 0.5) is 0 Å². The van der Waals surface area contributed by atoms with Gasteiger partial charge >= 0.3 is 0 Å². The molecule has 0 radical (unpaired) electrons. The smallest absolute Gasteiger partial charge is 0.251 e. The maximum Gasteiger partial charge on any atom is 0.251 e. The molecular weight excluding hydrogens is 342 g/mol. The summed E-state index contributed by atoms with van der Waals surface area (Å²) in [5.74, 6) is 0.770.